The summed E-state index contributed by atoms with van der Waals surface area (Å²) in [5.41, 5.74) is 2.84. The Balaban J connectivity index is 1.48. The summed E-state index contributed by atoms with van der Waals surface area (Å²) in [6, 6.07) is 13.5. The van der Waals surface area contributed by atoms with Crippen molar-refractivity contribution in [1.29, 1.82) is 0 Å². The number of hydrogen-bond acceptors (Lipinski definition) is 3. The van der Waals surface area contributed by atoms with Gasteiger partial charge in [0.1, 0.15) is 0 Å². The molecule has 0 radical (unpaired) electrons. The molecular weight excluding hydrogens is 304 g/mol. The first kappa shape index (κ1) is 15.9. The fraction of sp³-hybridized carbons (Fsp3) is 0.389. The maximum absolute atomic E-state index is 4.30. The standard InChI is InChI=1S/C18H24N4S/c1-14-12-15-6-3-4-8-17(15)22(14)10-9-20-18(19-2)21-13-16-7-5-11-23-16/h3-8,11,14H,9-10,12-13H2,1-2H3,(H2,19,20,21). The second kappa shape index (κ2) is 7.51. The van der Waals surface area contributed by atoms with Crippen LogP contribution in [0.25, 0.3) is 0 Å². The lowest BCUT2D eigenvalue weighted by atomic mass is 10.1. The highest BCUT2D eigenvalue weighted by Gasteiger charge is 2.24. The number of rotatable bonds is 5. The van der Waals surface area contributed by atoms with Crippen molar-refractivity contribution in [2.75, 3.05) is 25.0 Å². The zero-order chi connectivity index (χ0) is 16.1. The molecule has 1 aromatic carbocycles. The van der Waals surface area contributed by atoms with E-state index in [9.17, 15) is 0 Å². The Kier molecular flexibility index (Phi) is 5.18. The summed E-state index contributed by atoms with van der Waals surface area (Å²) in [6.45, 7) is 4.98. The molecule has 2 N–H and O–H groups in total. The molecule has 3 rings (SSSR count). The smallest absolute Gasteiger partial charge is 0.191 e. The van der Waals surface area contributed by atoms with Crippen LogP contribution in [0.5, 0.6) is 0 Å². The van der Waals surface area contributed by atoms with Gasteiger partial charge in [0, 0.05) is 36.7 Å². The molecule has 0 saturated heterocycles. The van der Waals surface area contributed by atoms with Crippen molar-refractivity contribution in [2.24, 2.45) is 4.99 Å². The fourth-order valence-electron chi connectivity index (χ4n) is 3.07. The normalized spacial score (nSPS) is 17.2. The number of nitrogens with one attached hydrogen (secondary N) is 2. The van der Waals surface area contributed by atoms with E-state index < -0.39 is 0 Å². The number of fused-ring (bicyclic) bond motifs is 1. The number of hydrogen-bond donors (Lipinski definition) is 2. The van der Waals surface area contributed by atoms with Gasteiger partial charge in [-0.3, -0.25) is 4.99 Å². The second-order valence-electron chi connectivity index (χ2n) is 5.81. The van der Waals surface area contributed by atoms with Crippen LogP contribution in [0.3, 0.4) is 0 Å². The van der Waals surface area contributed by atoms with Crippen LogP contribution in [0.1, 0.15) is 17.4 Å². The Morgan fingerprint density at radius 1 is 1.26 bits per heavy atom. The van der Waals surface area contributed by atoms with Gasteiger partial charge < -0.3 is 15.5 Å². The highest BCUT2D eigenvalue weighted by molar-refractivity contribution is 7.09. The number of benzene rings is 1. The van der Waals surface area contributed by atoms with Crippen LogP contribution in [0.2, 0.25) is 0 Å². The molecule has 1 aliphatic rings. The van der Waals surface area contributed by atoms with Crippen LogP contribution >= 0.6 is 11.3 Å². The predicted octanol–water partition coefficient (Wildman–Crippen LogP) is 2.86. The highest BCUT2D eigenvalue weighted by atomic mass is 32.1. The number of thiophene rings is 1. The molecule has 2 heterocycles. The summed E-state index contributed by atoms with van der Waals surface area (Å²) in [6.07, 6.45) is 1.14. The van der Waals surface area contributed by atoms with Crippen LogP contribution in [0.15, 0.2) is 46.8 Å². The number of para-hydroxylation sites is 1. The molecule has 2 aromatic rings. The van der Waals surface area contributed by atoms with E-state index in [1.165, 1.54) is 16.1 Å². The zero-order valence-electron chi connectivity index (χ0n) is 13.7. The lowest BCUT2D eigenvalue weighted by Gasteiger charge is -2.25. The van der Waals surface area contributed by atoms with Crippen molar-refractivity contribution in [2.45, 2.75) is 25.9 Å². The van der Waals surface area contributed by atoms with Gasteiger partial charge in [-0.15, -0.1) is 11.3 Å². The van der Waals surface area contributed by atoms with E-state index in [4.69, 9.17) is 0 Å². The third-order valence-corrected chi connectivity index (χ3v) is 5.10. The lowest BCUT2D eigenvalue weighted by Crippen LogP contribution is -2.42. The fourth-order valence-corrected chi connectivity index (χ4v) is 3.71. The Morgan fingerprint density at radius 2 is 2.13 bits per heavy atom. The molecule has 0 saturated carbocycles. The minimum atomic E-state index is 0.565. The summed E-state index contributed by atoms with van der Waals surface area (Å²) in [4.78, 5) is 8.09. The zero-order valence-corrected chi connectivity index (χ0v) is 14.6. The minimum absolute atomic E-state index is 0.565. The monoisotopic (exact) mass is 328 g/mol. The van der Waals surface area contributed by atoms with Gasteiger partial charge in [0.15, 0.2) is 5.96 Å². The number of nitrogens with zero attached hydrogens (tertiary/aromatic N) is 2. The largest absolute Gasteiger partial charge is 0.367 e. The number of guanidine groups is 1. The van der Waals surface area contributed by atoms with Crippen LogP contribution in [0.4, 0.5) is 5.69 Å². The summed E-state index contributed by atoms with van der Waals surface area (Å²) in [7, 11) is 1.82. The molecule has 0 fully saturated rings. The Bertz CT molecular complexity index is 651. The van der Waals surface area contributed by atoms with Gasteiger partial charge >= 0.3 is 0 Å². The van der Waals surface area contributed by atoms with Crippen molar-refractivity contribution in [3.63, 3.8) is 0 Å². The van der Waals surface area contributed by atoms with Crippen LogP contribution in [0, 0.1) is 0 Å². The quantitative estimate of drug-likeness (QED) is 0.655. The summed E-state index contributed by atoms with van der Waals surface area (Å²) < 4.78 is 0. The Morgan fingerprint density at radius 3 is 2.91 bits per heavy atom. The molecule has 122 valence electrons. The minimum Gasteiger partial charge on any atom is -0.367 e. The van der Waals surface area contributed by atoms with Crippen molar-refractivity contribution in [1.82, 2.24) is 10.6 Å². The average molecular weight is 328 g/mol. The van der Waals surface area contributed by atoms with E-state index in [0.29, 0.717) is 6.04 Å². The lowest BCUT2D eigenvalue weighted by molar-refractivity contribution is 0.656. The summed E-state index contributed by atoms with van der Waals surface area (Å²) in [5.74, 6) is 0.860. The van der Waals surface area contributed by atoms with Gasteiger partial charge in [0.2, 0.25) is 0 Å². The summed E-state index contributed by atoms with van der Waals surface area (Å²) in [5, 5.41) is 8.87. The molecule has 5 heteroatoms. The van der Waals surface area contributed by atoms with E-state index in [-0.39, 0.29) is 0 Å². The molecule has 0 amide bonds. The first-order valence-corrected chi connectivity index (χ1v) is 8.97. The molecule has 1 aromatic heterocycles. The van der Waals surface area contributed by atoms with E-state index >= 15 is 0 Å². The topological polar surface area (TPSA) is 39.7 Å². The van der Waals surface area contributed by atoms with Gasteiger partial charge in [0.25, 0.3) is 0 Å². The predicted molar refractivity (Wildman–Crippen MR) is 99.5 cm³/mol. The molecule has 0 bridgehead atoms. The first-order valence-electron chi connectivity index (χ1n) is 8.09. The molecule has 1 unspecified atom stereocenters. The van der Waals surface area contributed by atoms with Gasteiger partial charge in [-0.05, 0) is 36.4 Å². The SMILES string of the molecule is CN=C(NCCN1c2ccccc2CC1C)NCc1cccs1. The van der Waals surface area contributed by atoms with Gasteiger partial charge in [-0.1, -0.05) is 24.3 Å². The van der Waals surface area contributed by atoms with Crippen molar-refractivity contribution in [3.05, 3.63) is 52.2 Å². The molecule has 0 spiro atoms. The van der Waals surface area contributed by atoms with Gasteiger partial charge in [-0.2, -0.15) is 0 Å². The van der Waals surface area contributed by atoms with Crippen LogP contribution in [-0.2, 0) is 13.0 Å². The Hall–Kier alpha value is -2.01. The Labute approximate surface area is 142 Å². The molecule has 0 aliphatic carbocycles. The molecule has 1 atom stereocenters. The third-order valence-electron chi connectivity index (χ3n) is 4.23. The average Bonchev–Trinajstić information content (AvgIpc) is 3.18. The highest BCUT2D eigenvalue weighted by Crippen LogP contribution is 2.31. The molecular formula is C18H24N4S. The van der Waals surface area contributed by atoms with E-state index in [1.807, 2.05) is 7.05 Å². The van der Waals surface area contributed by atoms with Crippen molar-refractivity contribution >= 4 is 23.0 Å². The summed E-state index contributed by atoms with van der Waals surface area (Å²) >= 11 is 1.76. The van der Waals surface area contributed by atoms with E-state index in [1.54, 1.807) is 11.3 Å². The maximum Gasteiger partial charge on any atom is 0.191 e. The van der Waals surface area contributed by atoms with Crippen molar-refractivity contribution < 1.29 is 0 Å². The van der Waals surface area contributed by atoms with Crippen LogP contribution in [-0.4, -0.2) is 32.1 Å². The second-order valence-corrected chi connectivity index (χ2v) is 6.84. The van der Waals surface area contributed by atoms with Gasteiger partial charge in [-0.25, -0.2) is 0 Å². The maximum atomic E-state index is 4.30. The third kappa shape index (κ3) is 3.85. The number of aliphatic imine (C=N–C) groups is 1. The van der Waals surface area contributed by atoms with Crippen LogP contribution < -0.4 is 15.5 Å². The number of anilines is 1. The molecule has 23 heavy (non-hydrogen) atoms. The van der Waals surface area contributed by atoms with E-state index in [2.05, 4.69) is 69.2 Å². The molecule has 4 nitrogen and oxygen atoms in total. The molecule has 1 aliphatic heterocycles. The van der Waals surface area contributed by atoms with Crippen molar-refractivity contribution in [3.8, 4) is 0 Å². The first-order chi connectivity index (χ1) is 11.3. The van der Waals surface area contributed by atoms with Gasteiger partial charge in [0.05, 0.1) is 6.54 Å². The van der Waals surface area contributed by atoms with E-state index in [0.717, 1.165) is 32.0 Å².